The van der Waals surface area contributed by atoms with Crippen molar-refractivity contribution in [1.29, 1.82) is 0 Å². The summed E-state index contributed by atoms with van der Waals surface area (Å²) < 4.78 is 0. The second-order valence-electron chi connectivity index (χ2n) is 8.23. The Kier molecular flexibility index (Phi) is 6.50. The van der Waals surface area contributed by atoms with Crippen LogP contribution in [-0.2, 0) is 11.3 Å². The molecule has 1 atom stereocenters. The van der Waals surface area contributed by atoms with Crippen LogP contribution in [0.1, 0.15) is 16.6 Å². The van der Waals surface area contributed by atoms with Gasteiger partial charge in [-0.1, -0.05) is 30.3 Å². The van der Waals surface area contributed by atoms with Gasteiger partial charge in [-0.05, 0) is 47.3 Å². The molecule has 1 fully saturated rings. The summed E-state index contributed by atoms with van der Waals surface area (Å²) in [7, 11) is 1.95. The third-order valence-corrected chi connectivity index (χ3v) is 6.98. The lowest BCUT2D eigenvalue weighted by Gasteiger charge is -2.27. The lowest BCUT2D eigenvalue weighted by Crippen LogP contribution is -2.48. The topological polar surface area (TPSA) is 108 Å². The summed E-state index contributed by atoms with van der Waals surface area (Å²) >= 11 is 1.61. The second-order valence-corrected chi connectivity index (χ2v) is 9.18. The first kappa shape index (κ1) is 22.4. The van der Waals surface area contributed by atoms with E-state index in [0.717, 1.165) is 40.0 Å². The number of anilines is 2. The van der Waals surface area contributed by atoms with Crippen LogP contribution >= 0.6 is 11.3 Å². The first-order valence-electron chi connectivity index (χ1n) is 11.2. The van der Waals surface area contributed by atoms with Crippen molar-refractivity contribution in [3.05, 3.63) is 70.5 Å². The van der Waals surface area contributed by atoms with Crippen LogP contribution in [-0.4, -0.2) is 42.8 Å². The molecule has 0 aliphatic carbocycles. The highest BCUT2D eigenvalue weighted by Crippen LogP contribution is 2.33. The summed E-state index contributed by atoms with van der Waals surface area (Å²) in [4.78, 5) is 15.2. The number of piperazine rings is 1. The summed E-state index contributed by atoms with van der Waals surface area (Å²) in [5.41, 5.74) is 11.0. The molecular formula is C25H27N7OS. The maximum atomic E-state index is 12.4. The van der Waals surface area contributed by atoms with E-state index in [0.29, 0.717) is 18.9 Å². The molecule has 5 N–H and O–H groups in total. The molecule has 4 aromatic rings. The van der Waals surface area contributed by atoms with Gasteiger partial charge >= 0.3 is 0 Å². The molecule has 1 aliphatic rings. The molecule has 1 saturated heterocycles. The maximum absolute atomic E-state index is 12.4. The molecule has 2 aromatic heterocycles. The molecule has 1 amide bonds. The molecule has 8 nitrogen and oxygen atoms in total. The minimum absolute atomic E-state index is 0.0588. The molecule has 3 heterocycles. The highest BCUT2D eigenvalue weighted by Gasteiger charge is 2.20. The number of nitrogens with two attached hydrogens (primary N) is 1. The van der Waals surface area contributed by atoms with Gasteiger partial charge in [0.05, 0.1) is 12.7 Å². The van der Waals surface area contributed by atoms with Gasteiger partial charge in [-0.2, -0.15) is 5.10 Å². The zero-order chi connectivity index (χ0) is 23.5. The third kappa shape index (κ3) is 4.51. The Bertz CT molecular complexity index is 1320. The van der Waals surface area contributed by atoms with E-state index in [2.05, 4.69) is 61.9 Å². The fraction of sp³-hybridized carbons (Fsp3) is 0.240. The van der Waals surface area contributed by atoms with E-state index < -0.39 is 6.17 Å². The Morgan fingerprint density at radius 1 is 1.24 bits per heavy atom. The molecule has 0 radical (unpaired) electrons. The lowest BCUT2D eigenvalue weighted by molar-refractivity contribution is -0.118. The van der Waals surface area contributed by atoms with E-state index in [-0.39, 0.29) is 5.91 Å². The Hall–Kier alpha value is -3.37. The number of hydrogen-bond donors (Lipinski definition) is 4. The first-order chi connectivity index (χ1) is 16.6. The summed E-state index contributed by atoms with van der Waals surface area (Å²) in [5.74, 6) is 0.656. The number of benzene rings is 2. The Morgan fingerprint density at radius 2 is 2.12 bits per heavy atom. The van der Waals surface area contributed by atoms with Gasteiger partial charge in [-0.3, -0.25) is 4.79 Å². The van der Waals surface area contributed by atoms with Crippen LogP contribution in [0, 0.1) is 0 Å². The molecular weight excluding hydrogens is 446 g/mol. The van der Waals surface area contributed by atoms with Crippen LogP contribution in [0.2, 0.25) is 0 Å². The Labute approximate surface area is 202 Å². The summed E-state index contributed by atoms with van der Waals surface area (Å²) in [6.07, 6.45) is 1.27. The smallest absolute Gasteiger partial charge is 0.240 e. The number of rotatable bonds is 7. The van der Waals surface area contributed by atoms with Gasteiger partial charge in [0.15, 0.2) is 5.82 Å². The normalized spacial score (nSPS) is 15.0. The van der Waals surface area contributed by atoms with Gasteiger partial charge in [0, 0.05) is 41.0 Å². The minimum atomic E-state index is -0.445. The van der Waals surface area contributed by atoms with Crippen molar-refractivity contribution in [1.82, 2.24) is 20.8 Å². The van der Waals surface area contributed by atoms with E-state index in [1.54, 1.807) is 22.4 Å². The maximum Gasteiger partial charge on any atom is 0.240 e. The predicted molar refractivity (Wildman–Crippen MR) is 138 cm³/mol. The van der Waals surface area contributed by atoms with Gasteiger partial charge in [0.2, 0.25) is 5.91 Å². The summed E-state index contributed by atoms with van der Waals surface area (Å²) in [6, 6.07) is 16.4. The molecule has 1 aliphatic heterocycles. The molecule has 2 aromatic carbocycles. The van der Waals surface area contributed by atoms with E-state index >= 15 is 0 Å². The third-order valence-electron chi connectivity index (χ3n) is 5.96. The molecule has 0 spiro atoms. The van der Waals surface area contributed by atoms with E-state index in [1.807, 2.05) is 25.2 Å². The van der Waals surface area contributed by atoms with Crippen LogP contribution in [0.4, 0.5) is 11.5 Å². The number of nitrogens with one attached hydrogen (secondary N) is 3. The SMILES string of the molecule is CNCc1ccccc1-c1csc([C@@H](N)Nc2nncc3ccc(N4CCNCC4=O)cc23)c1. The molecule has 5 rings (SSSR count). The van der Waals surface area contributed by atoms with Crippen molar-refractivity contribution >= 4 is 39.5 Å². The van der Waals surface area contributed by atoms with Crippen LogP contribution in [0.3, 0.4) is 0 Å². The van der Waals surface area contributed by atoms with Gasteiger partial charge in [-0.25, -0.2) is 0 Å². The highest BCUT2D eigenvalue weighted by atomic mass is 32.1. The Balaban J connectivity index is 1.41. The van der Waals surface area contributed by atoms with Gasteiger partial charge in [-0.15, -0.1) is 16.4 Å². The zero-order valence-corrected chi connectivity index (χ0v) is 19.7. The molecule has 0 unspecified atom stereocenters. The average molecular weight is 474 g/mol. The van der Waals surface area contributed by atoms with E-state index in [9.17, 15) is 4.79 Å². The molecule has 0 saturated carbocycles. The summed E-state index contributed by atoms with van der Waals surface area (Å²) in [5, 5.41) is 22.1. The van der Waals surface area contributed by atoms with Crippen molar-refractivity contribution in [2.45, 2.75) is 12.7 Å². The number of carbonyl (C=O) groups is 1. The molecule has 9 heteroatoms. The van der Waals surface area contributed by atoms with Crippen molar-refractivity contribution < 1.29 is 4.79 Å². The quantitative estimate of drug-likeness (QED) is 0.306. The number of carbonyl (C=O) groups excluding carboxylic acids is 1. The van der Waals surface area contributed by atoms with Crippen LogP contribution in [0.25, 0.3) is 21.9 Å². The van der Waals surface area contributed by atoms with Crippen LogP contribution in [0.15, 0.2) is 60.1 Å². The number of thiophene rings is 1. The number of fused-ring (bicyclic) bond motifs is 1. The number of amides is 1. The zero-order valence-electron chi connectivity index (χ0n) is 18.9. The van der Waals surface area contributed by atoms with Crippen molar-refractivity contribution in [2.24, 2.45) is 5.73 Å². The standard InChI is InChI=1S/C25H27N7OS/c1-27-12-16-4-2-3-5-20(16)18-10-22(34-15-18)24(26)30-25-21-11-19(7-6-17(21)13-29-31-25)32-9-8-28-14-23(32)33/h2-7,10-11,13,15,24,27-28H,8-9,12,14,26H2,1H3,(H,30,31)/t24-/m0/s1. The fourth-order valence-corrected chi connectivity index (χ4v) is 5.10. The number of aromatic nitrogens is 2. The largest absolute Gasteiger partial charge is 0.348 e. The fourth-order valence-electron chi connectivity index (χ4n) is 4.24. The van der Waals surface area contributed by atoms with Crippen molar-refractivity contribution in [3.63, 3.8) is 0 Å². The molecule has 0 bridgehead atoms. The Morgan fingerprint density at radius 3 is 2.97 bits per heavy atom. The monoisotopic (exact) mass is 473 g/mol. The molecule has 174 valence electrons. The van der Waals surface area contributed by atoms with Crippen LogP contribution < -0.4 is 26.6 Å². The first-order valence-corrected chi connectivity index (χ1v) is 12.1. The second kappa shape index (κ2) is 9.86. The lowest BCUT2D eigenvalue weighted by atomic mass is 10.0. The number of nitrogens with zero attached hydrogens (tertiary/aromatic N) is 3. The van der Waals surface area contributed by atoms with Gasteiger partial charge < -0.3 is 26.6 Å². The van der Waals surface area contributed by atoms with Crippen LogP contribution in [0.5, 0.6) is 0 Å². The van der Waals surface area contributed by atoms with Gasteiger partial charge in [0.25, 0.3) is 0 Å². The van der Waals surface area contributed by atoms with Crippen molar-refractivity contribution in [3.8, 4) is 11.1 Å². The predicted octanol–water partition coefficient (Wildman–Crippen LogP) is 3.08. The van der Waals surface area contributed by atoms with E-state index in [1.165, 1.54) is 11.1 Å². The van der Waals surface area contributed by atoms with Gasteiger partial charge in [0.1, 0.15) is 6.17 Å². The number of hydrogen-bond acceptors (Lipinski definition) is 8. The van der Waals surface area contributed by atoms with Crippen molar-refractivity contribution in [2.75, 3.05) is 36.9 Å². The molecule has 34 heavy (non-hydrogen) atoms. The summed E-state index contributed by atoms with van der Waals surface area (Å²) in [6.45, 7) is 2.56. The van der Waals surface area contributed by atoms with E-state index in [4.69, 9.17) is 5.73 Å². The average Bonchev–Trinajstić information content (AvgIpc) is 3.35. The highest BCUT2D eigenvalue weighted by molar-refractivity contribution is 7.10. The minimum Gasteiger partial charge on any atom is -0.348 e.